The number of ether oxygens (including phenoxy) is 1. The highest BCUT2D eigenvalue weighted by Gasteiger charge is 2.26. The van der Waals surface area contributed by atoms with Crippen LogP contribution in [0.2, 0.25) is 5.02 Å². The summed E-state index contributed by atoms with van der Waals surface area (Å²) in [5.41, 5.74) is 0.717. The fraction of sp³-hybridized carbons (Fsp3) is 0.500. The molecule has 0 spiro atoms. The lowest BCUT2D eigenvalue weighted by molar-refractivity contribution is 0.0113. The van der Waals surface area contributed by atoms with E-state index in [0.717, 1.165) is 12.1 Å². The highest BCUT2D eigenvalue weighted by Crippen LogP contribution is 2.29. The van der Waals surface area contributed by atoms with Gasteiger partial charge in [0.2, 0.25) is 0 Å². The van der Waals surface area contributed by atoms with Gasteiger partial charge >= 0.3 is 0 Å². The van der Waals surface area contributed by atoms with Crippen LogP contribution in [0.25, 0.3) is 0 Å². The zero-order chi connectivity index (χ0) is 12.3. The number of hydrogen-bond acceptors (Lipinski definition) is 3. The Bertz CT molecular complexity index is 392. The fourth-order valence-corrected chi connectivity index (χ4v) is 2.12. The predicted octanol–water partition coefficient (Wildman–Crippen LogP) is 2.17. The number of nitrogens with one attached hydrogen (secondary N) is 1. The summed E-state index contributed by atoms with van der Waals surface area (Å²) in [6.45, 7) is 1.95. The molecule has 1 aliphatic heterocycles. The highest BCUT2D eigenvalue weighted by atomic mass is 35.5. The second-order valence-electron chi connectivity index (χ2n) is 4.11. The molecule has 0 unspecified atom stereocenters. The Kier molecular flexibility index (Phi) is 6.32. The van der Waals surface area contributed by atoms with Gasteiger partial charge in [0.25, 0.3) is 0 Å². The Morgan fingerprint density at radius 3 is 2.94 bits per heavy atom. The third kappa shape index (κ3) is 3.56. The topological polar surface area (TPSA) is 41.5 Å². The van der Waals surface area contributed by atoms with E-state index < -0.39 is 5.82 Å². The van der Waals surface area contributed by atoms with Crippen molar-refractivity contribution >= 4 is 24.0 Å². The Labute approximate surface area is 117 Å². The van der Waals surface area contributed by atoms with E-state index in [-0.39, 0.29) is 36.1 Å². The number of halogens is 3. The monoisotopic (exact) mass is 295 g/mol. The molecule has 3 nitrogen and oxygen atoms in total. The molecule has 1 aliphatic rings. The average molecular weight is 296 g/mol. The van der Waals surface area contributed by atoms with Crippen molar-refractivity contribution in [1.82, 2.24) is 5.32 Å². The average Bonchev–Trinajstić information content (AvgIpc) is 2.57. The lowest BCUT2D eigenvalue weighted by Crippen LogP contribution is -2.27. The standard InChI is InChI=1S/C12H15ClFNO2.ClH/c13-10-2-1-8(5-11(10)14)12-9(7-16)6-15-3-4-17-12;/h1-2,5,9,12,15-16H,3-4,6-7H2;1H/t9-,12-;/m0./s1. The summed E-state index contributed by atoms with van der Waals surface area (Å²) in [5.74, 6) is -0.528. The second kappa shape index (κ2) is 7.26. The highest BCUT2D eigenvalue weighted by molar-refractivity contribution is 6.30. The van der Waals surface area contributed by atoms with E-state index >= 15 is 0 Å². The van der Waals surface area contributed by atoms with E-state index in [9.17, 15) is 9.50 Å². The fourth-order valence-electron chi connectivity index (χ4n) is 2.01. The SMILES string of the molecule is Cl.OC[C@@H]1CNCCO[C@H]1c1ccc(Cl)c(F)c1. The molecule has 0 aliphatic carbocycles. The van der Waals surface area contributed by atoms with Gasteiger partial charge in [0.1, 0.15) is 5.82 Å². The van der Waals surface area contributed by atoms with Gasteiger partial charge in [-0.25, -0.2) is 4.39 Å². The van der Waals surface area contributed by atoms with Crippen LogP contribution in [-0.4, -0.2) is 31.4 Å². The molecule has 0 aromatic heterocycles. The number of rotatable bonds is 2. The number of aliphatic hydroxyl groups excluding tert-OH is 1. The summed E-state index contributed by atoms with van der Waals surface area (Å²) in [4.78, 5) is 0. The van der Waals surface area contributed by atoms with Crippen LogP contribution in [0, 0.1) is 11.7 Å². The van der Waals surface area contributed by atoms with Crippen LogP contribution in [-0.2, 0) is 4.74 Å². The van der Waals surface area contributed by atoms with Crippen molar-refractivity contribution in [2.24, 2.45) is 5.92 Å². The lowest BCUT2D eigenvalue weighted by atomic mass is 9.96. The molecule has 18 heavy (non-hydrogen) atoms. The van der Waals surface area contributed by atoms with Crippen molar-refractivity contribution in [3.63, 3.8) is 0 Å². The largest absolute Gasteiger partial charge is 0.396 e. The summed E-state index contributed by atoms with van der Waals surface area (Å²) in [5, 5.41) is 12.6. The van der Waals surface area contributed by atoms with Crippen LogP contribution in [0.3, 0.4) is 0 Å². The molecular weight excluding hydrogens is 280 g/mol. The normalized spacial score (nSPS) is 24.2. The summed E-state index contributed by atoms with van der Waals surface area (Å²) in [6, 6.07) is 4.63. The van der Waals surface area contributed by atoms with Crippen LogP contribution < -0.4 is 5.32 Å². The van der Waals surface area contributed by atoms with Crippen LogP contribution in [0.15, 0.2) is 18.2 Å². The van der Waals surface area contributed by atoms with E-state index in [1.165, 1.54) is 12.1 Å². The molecule has 6 heteroatoms. The predicted molar refractivity (Wildman–Crippen MR) is 70.8 cm³/mol. The Balaban J connectivity index is 0.00000162. The molecule has 0 bridgehead atoms. The maximum Gasteiger partial charge on any atom is 0.142 e. The summed E-state index contributed by atoms with van der Waals surface area (Å²) in [7, 11) is 0. The van der Waals surface area contributed by atoms with Gasteiger partial charge in [-0.15, -0.1) is 12.4 Å². The third-order valence-corrected chi connectivity index (χ3v) is 3.22. The minimum absolute atomic E-state index is 0. The first kappa shape index (κ1) is 15.7. The summed E-state index contributed by atoms with van der Waals surface area (Å²) < 4.78 is 19.1. The van der Waals surface area contributed by atoms with Crippen LogP contribution in [0.5, 0.6) is 0 Å². The van der Waals surface area contributed by atoms with Crippen LogP contribution >= 0.6 is 24.0 Å². The van der Waals surface area contributed by atoms with Crippen molar-refractivity contribution in [1.29, 1.82) is 0 Å². The van der Waals surface area contributed by atoms with E-state index in [4.69, 9.17) is 16.3 Å². The molecule has 1 aromatic rings. The number of benzene rings is 1. The third-order valence-electron chi connectivity index (χ3n) is 2.92. The van der Waals surface area contributed by atoms with Gasteiger partial charge in [-0.05, 0) is 17.7 Å². The van der Waals surface area contributed by atoms with E-state index in [1.54, 1.807) is 6.07 Å². The van der Waals surface area contributed by atoms with Crippen LogP contribution in [0.4, 0.5) is 4.39 Å². The molecular formula is C12H16Cl2FNO2. The van der Waals surface area contributed by atoms with Gasteiger partial charge in [-0.2, -0.15) is 0 Å². The molecule has 2 N–H and O–H groups in total. The van der Waals surface area contributed by atoms with Crippen molar-refractivity contribution in [2.45, 2.75) is 6.10 Å². The minimum Gasteiger partial charge on any atom is -0.396 e. The quantitative estimate of drug-likeness (QED) is 0.879. The molecule has 0 amide bonds. The number of hydrogen-bond donors (Lipinski definition) is 2. The zero-order valence-electron chi connectivity index (χ0n) is 9.73. The van der Waals surface area contributed by atoms with E-state index in [0.29, 0.717) is 13.2 Å². The zero-order valence-corrected chi connectivity index (χ0v) is 11.3. The van der Waals surface area contributed by atoms with Gasteiger partial charge < -0.3 is 15.2 Å². The molecule has 0 saturated carbocycles. The van der Waals surface area contributed by atoms with Gasteiger partial charge in [0.05, 0.1) is 17.7 Å². The first-order chi connectivity index (χ1) is 8.22. The Hall–Kier alpha value is -0.390. The van der Waals surface area contributed by atoms with Crippen molar-refractivity contribution in [3.05, 3.63) is 34.6 Å². The Morgan fingerprint density at radius 1 is 1.50 bits per heavy atom. The van der Waals surface area contributed by atoms with Crippen molar-refractivity contribution in [2.75, 3.05) is 26.3 Å². The first-order valence-corrected chi connectivity index (χ1v) is 5.98. The van der Waals surface area contributed by atoms with E-state index in [2.05, 4.69) is 5.32 Å². The summed E-state index contributed by atoms with van der Waals surface area (Å²) in [6.07, 6.45) is -0.290. The molecule has 102 valence electrons. The maximum absolute atomic E-state index is 13.4. The second-order valence-corrected chi connectivity index (χ2v) is 4.52. The van der Waals surface area contributed by atoms with Gasteiger partial charge in [-0.1, -0.05) is 17.7 Å². The maximum atomic E-state index is 13.4. The lowest BCUT2D eigenvalue weighted by Gasteiger charge is -2.23. The molecule has 0 radical (unpaired) electrons. The molecule has 2 rings (SSSR count). The number of aliphatic hydroxyl groups is 1. The van der Waals surface area contributed by atoms with E-state index in [1.807, 2.05) is 0 Å². The molecule has 1 fully saturated rings. The van der Waals surface area contributed by atoms with Gasteiger partial charge in [-0.3, -0.25) is 0 Å². The van der Waals surface area contributed by atoms with Crippen LogP contribution in [0.1, 0.15) is 11.7 Å². The summed E-state index contributed by atoms with van der Waals surface area (Å²) >= 11 is 5.64. The van der Waals surface area contributed by atoms with Crippen molar-refractivity contribution in [3.8, 4) is 0 Å². The van der Waals surface area contributed by atoms with Crippen molar-refractivity contribution < 1.29 is 14.2 Å². The smallest absolute Gasteiger partial charge is 0.142 e. The Morgan fingerprint density at radius 2 is 2.28 bits per heavy atom. The van der Waals surface area contributed by atoms with Gasteiger partial charge in [0, 0.05) is 25.6 Å². The molecule has 2 atom stereocenters. The minimum atomic E-state index is -0.457. The van der Waals surface area contributed by atoms with Gasteiger partial charge in [0.15, 0.2) is 0 Å². The first-order valence-electron chi connectivity index (χ1n) is 5.60. The molecule has 1 aromatic carbocycles. The molecule has 1 heterocycles. The molecule has 1 saturated heterocycles.